The van der Waals surface area contributed by atoms with Crippen molar-refractivity contribution in [2.24, 2.45) is 0 Å². The van der Waals surface area contributed by atoms with E-state index in [1.807, 2.05) is 0 Å². The maximum Gasteiger partial charge on any atom is 0.409 e. The highest BCUT2D eigenvalue weighted by atomic mass is 35.5. The van der Waals surface area contributed by atoms with Gasteiger partial charge in [-0.15, -0.1) is 0 Å². The molecule has 17 heavy (non-hydrogen) atoms. The van der Waals surface area contributed by atoms with Crippen molar-refractivity contribution in [2.45, 2.75) is 25.1 Å². The molecule has 0 bridgehead atoms. The Morgan fingerprint density at radius 1 is 1.35 bits per heavy atom. The van der Waals surface area contributed by atoms with Crippen molar-refractivity contribution in [1.29, 1.82) is 0 Å². The lowest BCUT2D eigenvalue weighted by Gasteiger charge is -2.36. The fourth-order valence-electron chi connectivity index (χ4n) is 2.07. The van der Waals surface area contributed by atoms with Gasteiger partial charge in [0, 0.05) is 5.69 Å². The highest BCUT2D eigenvalue weighted by Crippen LogP contribution is 2.38. The van der Waals surface area contributed by atoms with Gasteiger partial charge in [-0.1, -0.05) is 18.2 Å². The number of hydrogen-bond donors (Lipinski definition) is 0. The van der Waals surface area contributed by atoms with Crippen molar-refractivity contribution in [3.05, 3.63) is 29.8 Å². The standard InChI is InChI=1S/C11H9ClF3NO/c12-10(17)16-8-4-2-1-3-7(8)5-6-9(16)11(13,14)15/h1-4,9H,5-6H2. The number of carbonyl (C=O) groups is 1. The minimum Gasteiger partial charge on any atom is -0.286 e. The van der Waals surface area contributed by atoms with E-state index < -0.39 is 17.6 Å². The smallest absolute Gasteiger partial charge is 0.286 e. The van der Waals surface area contributed by atoms with Crippen LogP contribution in [-0.2, 0) is 6.42 Å². The van der Waals surface area contributed by atoms with Crippen molar-refractivity contribution >= 4 is 22.7 Å². The molecule has 1 aromatic rings. The largest absolute Gasteiger partial charge is 0.409 e. The van der Waals surface area contributed by atoms with Gasteiger partial charge in [-0.25, -0.2) is 0 Å². The van der Waals surface area contributed by atoms with Gasteiger partial charge in [0.1, 0.15) is 6.04 Å². The fourth-order valence-corrected chi connectivity index (χ4v) is 2.28. The molecular weight excluding hydrogens is 255 g/mol. The molecule has 92 valence electrons. The van der Waals surface area contributed by atoms with E-state index >= 15 is 0 Å². The summed E-state index contributed by atoms with van der Waals surface area (Å²) in [6, 6.07) is 4.67. The summed E-state index contributed by atoms with van der Waals surface area (Å²) in [6.45, 7) is 0. The number of fused-ring (bicyclic) bond motifs is 1. The van der Waals surface area contributed by atoms with Crippen LogP contribution in [0.1, 0.15) is 12.0 Å². The lowest BCUT2D eigenvalue weighted by atomic mass is 9.96. The normalized spacial score (nSPS) is 20.0. The number of benzene rings is 1. The van der Waals surface area contributed by atoms with E-state index in [1.54, 1.807) is 18.2 Å². The Bertz CT molecular complexity index is 447. The summed E-state index contributed by atoms with van der Waals surface area (Å²) < 4.78 is 38.4. The zero-order valence-electron chi connectivity index (χ0n) is 8.67. The number of aryl methyl sites for hydroxylation is 1. The molecule has 0 N–H and O–H groups in total. The molecule has 0 radical (unpaired) electrons. The second-order valence-corrected chi connectivity index (χ2v) is 4.17. The predicted octanol–water partition coefficient (Wildman–Crippen LogP) is 3.73. The molecule has 1 atom stereocenters. The van der Waals surface area contributed by atoms with Gasteiger partial charge < -0.3 is 0 Å². The maximum atomic E-state index is 12.8. The minimum atomic E-state index is -4.46. The third-order valence-electron chi connectivity index (χ3n) is 2.82. The molecule has 0 aliphatic carbocycles. The topological polar surface area (TPSA) is 20.3 Å². The molecule has 0 saturated carbocycles. The molecule has 0 aromatic heterocycles. The Balaban J connectivity index is 2.47. The van der Waals surface area contributed by atoms with Crippen LogP contribution >= 0.6 is 11.6 Å². The second kappa shape index (κ2) is 4.22. The van der Waals surface area contributed by atoms with E-state index in [0.29, 0.717) is 16.9 Å². The molecule has 2 rings (SSSR count). The summed E-state index contributed by atoms with van der Waals surface area (Å²) >= 11 is 5.27. The number of nitrogens with zero attached hydrogens (tertiary/aromatic N) is 1. The first-order chi connectivity index (χ1) is 7.91. The van der Waals surface area contributed by atoms with Crippen LogP contribution in [0.3, 0.4) is 0 Å². The van der Waals surface area contributed by atoms with Gasteiger partial charge in [-0.2, -0.15) is 13.2 Å². The maximum absolute atomic E-state index is 12.8. The number of anilines is 1. The molecule has 6 heteroatoms. The summed E-state index contributed by atoms with van der Waals surface area (Å²) in [5, 5.41) is -1.10. The Kier molecular flexibility index (Phi) is 3.03. The predicted molar refractivity (Wildman–Crippen MR) is 58.3 cm³/mol. The highest BCUT2D eigenvalue weighted by molar-refractivity contribution is 6.66. The molecular formula is C11H9ClF3NO. The van der Waals surface area contributed by atoms with Crippen LogP contribution in [0.2, 0.25) is 0 Å². The summed E-state index contributed by atoms with van der Waals surface area (Å²) in [7, 11) is 0. The first kappa shape index (κ1) is 12.2. The molecule has 1 aromatic carbocycles. The Morgan fingerprint density at radius 3 is 2.59 bits per heavy atom. The Labute approximate surface area is 101 Å². The number of rotatable bonds is 0. The van der Waals surface area contributed by atoms with Gasteiger partial charge in [-0.05, 0) is 36.1 Å². The van der Waals surface area contributed by atoms with E-state index in [9.17, 15) is 18.0 Å². The van der Waals surface area contributed by atoms with Crippen LogP contribution in [0.15, 0.2) is 24.3 Å². The monoisotopic (exact) mass is 263 g/mol. The van der Waals surface area contributed by atoms with Gasteiger partial charge in [-0.3, -0.25) is 9.69 Å². The molecule has 1 aliphatic heterocycles. The third kappa shape index (κ3) is 2.24. The second-order valence-electron chi connectivity index (χ2n) is 3.85. The van der Waals surface area contributed by atoms with Gasteiger partial charge in [0.05, 0.1) is 0 Å². The lowest BCUT2D eigenvalue weighted by Crippen LogP contribution is -2.49. The van der Waals surface area contributed by atoms with Crippen molar-refractivity contribution in [3.8, 4) is 0 Å². The van der Waals surface area contributed by atoms with E-state index in [0.717, 1.165) is 0 Å². The van der Waals surface area contributed by atoms with Crippen molar-refractivity contribution in [3.63, 3.8) is 0 Å². The highest BCUT2D eigenvalue weighted by Gasteiger charge is 2.47. The van der Waals surface area contributed by atoms with Crippen LogP contribution < -0.4 is 4.90 Å². The molecule has 0 fully saturated rings. The average Bonchev–Trinajstić information content (AvgIpc) is 2.26. The molecule has 2 nitrogen and oxygen atoms in total. The van der Waals surface area contributed by atoms with Crippen LogP contribution in [0, 0.1) is 0 Å². The van der Waals surface area contributed by atoms with E-state index in [-0.39, 0.29) is 12.1 Å². The quantitative estimate of drug-likeness (QED) is 0.516. The van der Waals surface area contributed by atoms with E-state index in [2.05, 4.69) is 0 Å². The lowest BCUT2D eigenvalue weighted by molar-refractivity contribution is -0.148. The molecule has 1 aliphatic rings. The summed E-state index contributed by atoms with van der Waals surface area (Å²) in [6.07, 6.45) is -4.32. The van der Waals surface area contributed by atoms with Gasteiger partial charge in [0.15, 0.2) is 0 Å². The SMILES string of the molecule is O=C(Cl)N1c2ccccc2CCC1C(F)(F)F. The van der Waals surface area contributed by atoms with Crippen LogP contribution in [-0.4, -0.2) is 17.6 Å². The first-order valence-corrected chi connectivity index (χ1v) is 5.42. The third-order valence-corrected chi connectivity index (χ3v) is 3.00. The van der Waals surface area contributed by atoms with Crippen molar-refractivity contribution in [1.82, 2.24) is 0 Å². The summed E-state index contributed by atoms with van der Waals surface area (Å²) in [5.41, 5.74) is 0.961. The minimum absolute atomic E-state index is 0.154. The molecule has 1 unspecified atom stereocenters. The van der Waals surface area contributed by atoms with Crippen molar-refractivity contribution < 1.29 is 18.0 Å². The van der Waals surface area contributed by atoms with Crippen LogP contribution in [0.5, 0.6) is 0 Å². The van der Waals surface area contributed by atoms with E-state index in [1.165, 1.54) is 6.07 Å². The number of para-hydroxylation sites is 1. The number of amides is 1. The molecule has 1 amide bonds. The molecule has 0 spiro atoms. The fraction of sp³-hybridized carbons (Fsp3) is 0.364. The first-order valence-electron chi connectivity index (χ1n) is 5.04. The number of hydrogen-bond acceptors (Lipinski definition) is 1. The van der Waals surface area contributed by atoms with Gasteiger partial charge >= 0.3 is 11.5 Å². The molecule has 0 saturated heterocycles. The zero-order chi connectivity index (χ0) is 12.6. The van der Waals surface area contributed by atoms with Crippen LogP contribution in [0.4, 0.5) is 23.7 Å². The zero-order valence-corrected chi connectivity index (χ0v) is 9.42. The van der Waals surface area contributed by atoms with Gasteiger partial charge in [0.2, 0.25) is 0 Å². The molecule has 1 heterocycles. The summed E-state index contributed by atoms with van der Waals surface area (Å²) in [5.74, 6) is 0. The number of carbonyl (C=O) groups excluding carboxylic acids is 1. The average molecular weight is 264 g/mol. The van der Waals surface area contributed by atoms with E-state index in [4.69, 9.17) is 11.6 Å². The van der Waals surface area contributed by atoms with Gasteiger partial charge in [0.25, 0.3) is 0 Å². The summed E-state index contributed by atoms with van der Waals surface area (Å²) in [4.78, 5) is 11.8. The Morgan fingerprint density at radius 2 is 2.00 bits per heavy atom. The van der Waals surface area contributed by atoms with Crippen LogP contribution in [0.25, 0.3) is 0 Å². The van der Waals surface area contributed by atoms with Crippen molar-refractivity contribution in [2.75, 3.05) is 4.90 Å². The Hall–Kier alpha value is -1.23. The number of alkyl halides is 3. The number of halogens is 4.